The molecule has 0 amide bonds. The van der Waals surface area contributed by atoms with Crippen LogP contribution in [0.25, 0.3) is 0 Å². The number of aryl methyl sites for hydroxylation is 1. The third-order valence-corrected chi connectivity index (χ3v) is 5.64. The van der Waals surface area contributed by atoms with Crippen molar-refractivity contribution in [2.24, 2.45) is 0 Å². The zero-order valence-corrected chi connectivity index (χ0v) is 15.3. The predicted octanol–water partition coefficient (Wildman–Crippen LogP) is 4.24. The van der Waals surface area contributed by atoms with Gasteiger partial charge >= 0.3 is 0 Å². The smallest absolute Gasteiger partial charge is 0.172 e. The highest BCUT2D eigenvalue weighted by Gasteiger charge is 2.41. The number of hydrogen-bond acceptors (Lipinski definition) is 3. The van der Waals surface area contributed by atoms with Crippen molar-refractivity contribution in [3.8, 4) is 5.75 Å². The highest BCUT2D eigenvalue weighted by Crippen LogP contribution is 2.40. The van der Waals surface area contributed by atoms with Crippen LogP contribution in [0, 0.1) is 9.39 Å². The summed E-state index contributed by atoms with van der Waals surface area (Å²) < 4.78 is 32.8. The van der Waals surface area contributed by atoms with Crippen LogP contribution in [0.5, 0.6) is 5.75 Å². The SMILES string of the molecule is Fc1c(I)c(OCc2ccccc2)cc2c1CC1(CC2)OCCO1. The Morgan fingerprint density at radius 3 is 2.67 bits per heavy atom. The molecule has 3 nitrogen and oxygen atoms in total. The van der Waals surface area contributed by atoms with Crippen LogP contribution in [0.15, 0.2) is 36.4 Å². The van der Waals surface area contributed by atoms with E-state index in [4.69, 9.17) is 14.2 Å². The van der Waals surface area contributed by atoms with Gasteiger partial charge in [0.05, 0.1) is 16.8 Å². The van der Waals surface area contributed by atoms with E-state index in [-0.39, 0.29) is 5.82 Å². The predicted molar refractivity (Wildman–Crippen MR) is 96.6 cm³/mol. The molecule has 0 unspecified atom stereocenters. The Hall–Kier alpha value is -1.18. The van der Waals surface area contributed by atoms with Crippen LogP contribution in [0.3, 0.4) is 0 Å². The van der Waals surface area contributed by atoms with Gasteiger partial charge in [-0.1, -0.05) is 30.3 Å². The number of halogens is 2. The highest BCUT2D eigenvalue weighted by molar-refractivity contribution is 14.1. The normalized spacial score (nSPS) is 18.6. The lowest BCUT2D eigenvalue weighted by Crippen LogP contribution is -2.37. The Kier molecular flexibility index (Phi) is 4.49. The first-order valence-corrected chi connectivity index (χ1v) is 9.19. The van der Waals surface area contributed by atoms with Gasteiger partial charge < -0.3 is 14.2 Å². The van der Waals surface area contributed by atoms with Gasteiger partial charge in [-0.3, -0.25) is 0 Å². The van der Waals surface area contributed by atoms with Crippen LogP contribution in [0.2, 0.25) is 0 Å². The summed E-state index contributed by atoms with van der Waals surface area (Å²) in [5.41, 5.74) is 2.78. The van der Waals surface area contributed by atoms with Crippen molar-refractivity contribution in [2.75, 3.05) is 13.2 Å². The standard InChI is InChI=1S/C19H18FIO3/c20-17-15-11-19(23-8-9-24-19)7-6-14(15)10-16(18(17)21)22-12-13-4-2-1-3-5-13/h1-5,10H,6-9,11-12H2. The number of benzene rings is 2. The molecule has 0 bridgehead atoms. The van der Waals surface area contributed by atoms with Crippen LogP contribution >= 0.6 is 22.6 Å². The van der Waals surface area contributed by atoms with Gasteiger partial charge in [0.15, 0.2) is 5.79 Å². The van der Waals surface area contributed by atoms with Crippen molar-refractivity contribution in [1.82, 2.24) is 0 Å². The van der Waals surface area contributed by atoms with E-state index in [1.807, 2.05) is 59.0 Å². The molecule has 1 spiro atoms. The third-order valence-electron chi connectivity index (χ3n) is 4.64. The first kappa shape index (κ1) is 16.3. The van der Waals surface area contributed by atoms with Crippen molar-refractivity contribution in [1.29, 1.82) is 0 Å². The highest BCUT2D eigenvalue weighted by atomic mass is 127. The molecule has 2 aromatic carbocycles. The molecule has 0 radical (unpaired) electrons. The van der Waals surface area contributed by atoms with E-state index in [2.05, 4.69) is 0 Å². The van der Waals surface area contributed by atoms with E-state index < -0.39 is 5.79 Å². The average molecular weight is 440 g/mol. The van der Waals surface area contributed by atoms with Crippen molar-refractivity contribution in [2.45, 2.75) is 31.7 Å². The molecular weight excluding hydrogens is 422 g/mol. The summed E-state index contributed by atoms with van der Waals surface area (Å²) in [6.45, 7) is 1.61. The van der Waals surface area contributed by atoms with Crippen molar-refractivity contribution in [3.63, 3.8) is 0 Å². The van der Waals surface area contributed by atoms with Gasteiger partial charge in [0.2, 0.25) is 0 Å². The average Bonchev–Trinajstić information content (AvgIpc) is 3.06. The van der Waals surface area contributed by atoms with Crippen LogP contribution in [-0.4, -0.2) is 19.0 Å². The Morgan fingerprint density at radius 1 is 1.17 bits per heavy atom. The fourth-order valence-corrected chi connectivity index (χ4v) is 4.01. The molecule has 24 heavy (non-hydrogen) atoms. The Bertz CT molecular complexity index is 742. The second-order valence-corrected chi connectivity index (χ2v) is 7.28. The summed E-state index contributed by atoms with van der Waals surface area (Å²) in [4.78, 5) is 0. The molecule has 0 N–H and O–H groups in total. The van der Waals surface area contributed by atoms with Gasteiger partial charge in [0.25, 0.3) is 0 Å². The first-order valence-electron chi connectivity index (χ1n) is 8.11. The summed E-state index contributed by atoms with van der Waals surface area (Å²) in [5, 5.41) is 0. The van der Waals surface area contributed by atoms with Crippen molar-refractivity contribution in [3.05, 3.63) is 62.5 Å². The van der Waals surface area contributed by atoms with Crippen molar-refractivity contribution < 1.29 is 18.6 Å². The minimum absolute atomic E-state index is 0.200. The molecule has 1 saturated heterocycles. The summed E-state index contributed by atoms with van der Waals surface area (Å²) >= 11 is 2.02. The molecule has 1 heterocycles. The lowest BCUT2D eigenvalue weighted by Gasteiger charge is -2.33. The molecule has 1 aliphatic carbocycles. The Morgan fingerprint density at radius 2 is 1.92 bits per heavy atom. The minimum atomic E-state index is -0.622. The number of ether oxygens (including phenoxy) is 3. The molecule has 2 aliphatic rings. The van der Waals surface area contributed by atoms with E-state index in [1.54, 1.807) is 0 Å². The molecule has 2 aromatic rings. The van der Waals surface area contributed by atoms with Gasteiger partial charge in [-0.15, -0.1) is 0 Å². The van der Waals surface area contributed by atoms with E-state index in [0.717, 1.165) is 24.0 Å². The quantitative estimate of drug-likeness (QED) is 0.669. The van der Waals surface area contributed by atoms with E-state index in [1.165, 1.54) is 0 Å². The summed E-state index contributed by atoms with van der Waals surface area (Å²) in [5.74, 6) is -0.210. The zero-order chi connectivity index (χ0) is 16.6. The molecule has 1 aliphatic heterocycles. The van der Waals surface area contributed by atoms with Gasteiger partial charge in [-0.05, 0) is 51.8 Å². The Balaban J connectivity index is 1.58. The van der Waals surface area contributed by atoms with E-state index >= 15 is 0 Å². The molecule has 0 aromatic heterocycles. The summed E-state index contributed by atoms with van der Waals surface area (Å²) in [7, 11) is 0. The van der Waals surface area contributed by atoms with E-state index in [9.17, 15) is 4.39 Å². The maximum absolute atomic E-state index is 14.9. The Labute approximate surface area is 154 Å². The topological polar surface area (TPSA) is 27.7 Å². The molecule has 0 atom stereocenters. The molecule has 4 rings (SSSR count). The van der Waals surface area contributed by atoms with Gasteiger partial charge in [-0.25, -0.2) is 4.39 Å². The van der Waals surface area contributed by atoms with Crippen molar-refractivity contribution >= 4 is 22.6 Å². The number of hydrogen-bond donors (Lipinski definition) is 0. The van der Waals surface area contributed by atoms with E-state index in [0.29, 0.717) is 41.1 Å². The van der Waals surface area contributed by atoms with Crippen LogP contribution in [0.4, 0.5) is 4.39 Å². The van der Waals surface area contributed by atoms with Crippen LogP contribution < -0.4 is 4.74 Å². The molecule has 5 heteroatoms. The van der Waals surface area contributed by atoms with Gasteiger partial charge in [0, 0.05) is 12.8 Å². The largest absolute Gasteiger partial charge is 0.488 e. The maximum atomic E-state index is 14.9. The van der Waals surface area contributed by atoms with Crippen LogP contribution in [-0.2, 0) is 28.9 Å². The second-order valence-electron chi connectivity index (χ2n) is 6.20. The maximum Gasteiger partial charge on any atom is 0.172 e. The zero-order valence-electron chi connectivity index (χ0n) is 13.2. The lowest BCUT2D eigenvalue weighted by molar-refractivity contribution is -0.164. The second kappa shape index (κ2) is 6.61. The molecular formula is C19H18FIO3. The summed E-state index contributed by atoms with van der Waals surface area (Å²) in [6, 6.07) is 11.9. The van der Waals surface area contributed by atoms with Crippen LogP contribution in [0.1, 0.15) is 23.1 Å². The fraction of sp³-hybridized carbons (Fsp3) is 0.368. The first-order chi connectivity index (χ1) is 11.7. The lowest BCUT2D eigenvalue weighted by atomic mass is 9.86. The third kappa shape index (κ3) is 3.05. The number of rotatable bonds is 3. The minimum Gasteiger partial charge on any atom is -0.488 e. The monoisotopic (exact) mass is 440 g/mol. The number of fused-ring (bicyclic) bond motifs is 1. The van der Waals surface area contributed by atoms with Gasteiger partial charge in [0.1, 0.15) is 18.2 Å². The molecule has 0 saturated carbocycles. The summed E-state index contributed by atoms with van der Waals surface area (Å²) in [6.07, 6.45) is 1.98. The molecule has 1 fully saturated rings. The molecule has 126 valence electrons. The fourth-order valence-electron chi connectivity index (χ4n) is 3.37. The van der Waals surface area contributed by atoms with Gasteiger partial charge in [-0.2, -0.15) is 0 Å².